The van der Waals surface area contributed by atoms with E-state index in [1.807, 2.05) is 0 Å². The van der Waals surface area contributed by atoms with Gasteiger partial charge >= 0.3 is 0 Å². The summed E-state index contributed by atoms with van der Waals surface area (Å²) in [7, 11) is 1.58. The maximum Gasteiger partial charge on any atom is 0.274 e. The van der Waals surface area contributed by atoms with E-state index in [-0.39, 0.29) is 29.8 Å². The molecule has 3 rings (SSSR count). The van der Waals surface area contributed by atoms with Gasteiger partial charge in [-0.3, -0.25) is 4.79 Å². The Kier molecular flexibility index (Phi) is 4.36. The van der Waals surface area contributed by atoms with Gasteiger partial charge in [0, 0.05) is 25.4 Å². The molecular formula is C17H19F2N3O2. The van der Waals surface area contributed by atoms with Crippen LogP contribution in [0.2, 0.25) is 0 Å². The van der Waals surface area contributed by atoms with E-state index < -0.39 is 17.7 Å². The number of hydrogen-bond acceptors (Lipinski definition) is 3. The van der Waals surface area contributed by atoms with Gasteiger partial charge in [0.15, 0.2) is 17.3 Å². The average molecular weight is 335 g/mol. The number of aliphatic hydroxyl groups excluding tert-OH is 1. The van der Waals surface area contributed by atoms with Crippen LogP contribution in [0.25, 0.3) is 5.69 Å². The van der Waals surface area contributed by atoms with Gasteiger partial charge in [0.2, 0.25) is 0 Å². The Balaban J connectivity index is 1.84. The second kappa shape index (κ2) is 6.32. The molecule has 0 bridgehead atoms. The smallest absolute Gasteiger partial charge is 0.274 e. The quantitative estimate of drug-likeness (QED) is 0.912. The molecule has 24 heavy (non-hydrogen) atoms. The lowest BCUT2D eigenvalue weighted by Gasteiger charge is -2.20. The zero-order chi connectivity index (χ0) is 17.4. The summed E-state index contributed by atoms with van der Waals surface area (Å²) in [5.74, 6) is -1.64. The summed E-state index contributed by atoms with van der Waals surface area (Å²) in [6.45, 7) is 1.87. The second-order valence-corrected chi connectivity index (χ2v) is 6.27. The monoisotopic (exact) mass is 335 g/mol. The Morgan fingerprint density at radius 3 is 2.62 bits per heavy atom. The van der Waals surface area contributed by atoms with Crippen molar-refractivity contribution in [2.75, 3.05) is 13.6 Å². The zero-order valence-electron chi connectivity index (χ0n) is 13.5. The summed E-state index contributed by atoms with van der Waals surface area (Å²) in [5, 5.41) is 14.0. The summed E-state index contributed by atoms with van der Waals surface area (Å²) in [5.41, 5.74) is 0.305. The molecule has 1 heterocycles. The summed E-state index contributed by atoms with van der Waals surface area (Å²) in [4.78, 5) is 13.9. The first-order valence-corrected chi connectivity index (χ1v) is 7.82. The third-order valence-corrected chi connectivity index (χ3v) is 4.24. The Morgan fingerprint density at radius 2 is 2.04 bits per heavy atom. The van der Waals surface area contributed by atoms with Crippen LogP contribution in [0.1, 0.15) is 28.9 Å². The maximum atomic E-state index is 13.9. The number of likely N-dealkylation sites (N-methyl/N-ethyl adjacent to an activating group) is 1. The standard InChI is InChI=1S/C17H19F2N3O2/c1-10-8-22(16-12(18)4-3-5-13(16)19)20-15(10)17(24)21(2)9-14(23)11-6-7-11/h3-5,8,11,14,23H,6-7,9H2,1-2H3/t14-/m0/s1. The number of benzene rings is 1. The van der Waals surface area contributed by atoms with Crippen LogP contribution < -0.4 is 0 Å². The minimum Gasteiger partial charge on any atom is -0.391 e. The number of aromatic nitrogens is 2. The van der Waals surface area contributed by atoms with Crippen molar-refractivity contribution in [1.29, 1.82) is 0 Å². The van der Waals surface area contributed by atoms with Crippen molar-refractivity contribution < 1.29 is 18.7 Å². The summed E-state index contributed by atoms with van der Waals surface area (Å²) in [6, 6.07) is 3.54. The minimum absolute atomic E-state index is 0.114. The normalized spacial score (nSPS) is 15.4. The number of amides is 1. The number of aliphatic hydroxyl groups is 1. The molecule has 0 spiro atoms. The summed E-state index contributed by atoms with van der Waals surface area (Å²) < 4.78 is 28.8. The fourth-order valence-electron chi connectivity index (χ4n) is 2.67. The van der Waals surface area contributed by atoms with Crippen LogP contribution >= 0.6 is 0 Å². The van der Waals surface area contributed by atoms with Crippen molar-refractivity contribution in [3.05, 3.63) is 47.3 Å². The molecule has 0 saturated heterocycles. The molecule has 1 fully saturated rings. The van der Waals surface area contributed by atoms with Gasteiger partial charge in [-0.2, -0.15) is 5.10 Å². The highest BCUT2D eigenvalue weighted by Gasteiger charge is 2.32. The second-order valence-electron chi connectivity index (χ2n) is 6.27. The molecular weight excluding hydrogens is 316 g/mol. The molecule has 7 heteroatoms. The molecule has 0 aliphatic heterocycles. The van der Waals surface area contributed by atoms with Crippen molar-refractivity contribution in [1.82, 2.24) is 14.7 Å². The van der Waals surface area contributed by atoms with Crippen molar-refractivity contribution in [2.24, 2.45) is 5.92 Å². The lowest BCUT2D eigenvalue weighted by atomic mass is 10.2. The number of carbonyl (C=O) groups excluding carboxylic acids is 1. The Bertz CT molecular complexity index is 751. The van der Waals surface area contributed by atoms with E-state index in [9.17, 15) is 18.7 Å². The van der Waals surface area contributed by atoms with Crippen LogP contribution in [0.4, 0.5) is 8.78 Å². The van der Waals surface area contributed by atoms with Crippen LogP contribution in [-0.2, 0) is 0 Å². The van der Waals surface area contributed by atoms with E-state index >= 15 is 0 Å². The number of aryl methyl sites for hydroxylation is 1. The molecule has 1 aromatic heterocycles. The first-order chi connectivity index (χ1) is 11.4. The van der Waals surface area contributed by atoms with Crippen molar-refractivity contribution in [2.45, 2.75) is 25.9 Å². The lowest BCUT2D eigenvalue weighted by Crippen LogP contribution is -2.35. The van der Waals surface area contributed by atoms with Crippen LogP contribution in [0.3, 0.4) is 0 Å². The van der Waals surface area contributed by atoms with Gasteiger partial charge in [0.05, 0.1) is 6.10 Å². The number of carbonyl (C=O) groups is 1. The number of nitrogens with zero attached hydrogens (tertiary/aromatic N) is 3. The minimum atomic E-state index is -0.756. The van der Waals surface area contributed by atoms with E-state index in [2.05, 4.69) is 5.10 Å². The van der Waals surface area contributed by atoms with Gasteiger partial charge in [-0.05, 0) is 37.8 Å². The van der Waals surface area contributed by atoms with Crippen LogP contribution in [0.15, 0.2) is 24.4 Å². The molecule has 5 nitrogen and oxygen atoms in total. The van der Waals surface area contributed by atoms with Gasteiger partial charge in [-0.1, -0.05) is 6.07 Å². The summed E-state index contributed by atoms with van der Waals surface area (Å²) >= 11 is 0. The Hall–Kier alpha value is -2.28. The average Bonchev–Trinajstić information content (AvgIpc) is 3.30. The Labute approximate surface area is 138 Å². The predicted octanol–water partition coefficient (Wildman–Crippen LogP) is 2.30. The maximum absolute atomic E-state index is 13.9. The van der Waals surface area contributed by atoms with Gasteiger partial charge in [0.1, 0.15) is 5.69 Å². The topological polar surface area (TPSA) is 58.4 Å². The van der Waals surface area contributed by atoms with Crippen LogP contribution in [0.5, 0.6) is 0 Å². The fourth-order valence-corrected chi connectivity index (χ4v) is 2.67. The fraction of sp³-hybridized carbons (Fsp3) is 0.412. The molecule has 0 radical (unpaired) electrons. The Morgan fingerprint density at radius 1 is 1.42 bits per heavy atom. The van der Waals surface area contributed by atoms with Crippen molar-refractivity contribution >= 4 is 5.91 Å². The highest BCUT2D eigenvalue weighted by Crippen LogP contribution is 2.32. The number of halogens is 2. The number of para-hydroxylation sites is 1. The SMILES string of the molecule is Cc1cn(-c2c(F)cccc2F)nc1C(=O)N(C)C[C@H](O)C1CC1. The van der Waals surface area contributed by atoms with Gasteiger partial charge in [-0.25, -0.2) is 13.5 Å². The van der Waals surface area contributed by atoms with E-state index in [1.54, 1.807) is 14.0 Å². The first kappa shape index (κ1) is 16.6. The number of hydrogen-bond donors (Lipinski definition) is 1. The molecule has 1 aliphatic rings. The van der Waals surface area contributed by atoms with Crippen LogP contribution in [-0.4, -0.2) is 45.4 Å². The molecule has 1 N–H and O–H groups in total. The first-order valence-electron chi connectivity index (χ1n) is 7.82. The van der Waals surface area contributed by atoms with E-state index in [0.29, 0.717) is 5.56 Å². The van der Waals surface area contributed by atoms with Crippen LogP contribution in [0, 0.1) is 24.5 Å². The van der Waals surface area contributed by atoms with Gasteiger partial charge in [0.25, 0.3) is 5.91 Å². The van der Waals surface area contributed by atoms with Gasteiger partial charge in [-0.15, -0.1) is 0 Å². The van der Waals surface area contributed by atoms with Crippen molar-refractivity contribution in [3.63, 3.8) is 0 Å². The van der Waals surface area contributed by atoms with Gasteiger partial charge < -0.3 is 10.0 Å². The van der Waals surface area contributed by atoms with E-state index in [4.69, 9.17) is 0 Å². The summed E-state index contributed by atoms with van der Waals surface area (Å²) in [6.07, 6.45) is 2.82. The lowest BCUT2D eigenvalue weighted by molar-refractivity contribution is 0.0639. The molecule has 1 aromatic carbocycles. The molecule has 1 saturated carbocycles. The molecule has 0 unspecified atom stereocenters. The molecule has 2 aromatic rings. The molecule has 128 valence electrons. The highest BCUT2D eigenvalue weighted by molar-refractivity contribution is 5.93. The highest BCUT2D eigenvalue weighted by atomic mass is 19.1. The zero-order valence-corrected chi connectivity index (χ0v) is 13.5. The third kappa shape index (κ3) is 3.17. The van der Waals surface area contributed by atoms with Crippen molar-refractivity contribution in [3.8, 4) is 5.69 Å². The third-order valence-electron chi connectivity index (χ3n) is 4.24. The number of rotatable bonds is 5. The molecule has 1 atom stereocenters. The van der Waals surface area contributed by atoms with E-state index in [0.717, 1.165) is 29.7 Å². The molecule has 1 amide bonds. The largest absolute Gasteiger partial charge is 0.391 e. The van der Waals surface area contributed by atoms with E-state index in [1.165, 1.54) is 17.2 Å². The predicted molar refractivity (Wildman–Crippen MR) is 83.9 cm³/mol. The molecule has 1 aliphatic carbocycles.